The van der Waals surface area contributed by atoms with Crippen LogP contribution >= 0.6 is 0 Å². The number of nitrogens with one attached hydrogen (secondary N) is 1. The Labute approximate surface area is 67.1 Å². The molecule has 0 radical (unpaired) electrons. The van der Waals surface area contributed by atoms with E-state index < -0.39 is 0 Å². The van der Waals surface area contributed by atoms with Crippen molar-refractivity contribution < 1.29 is 0 Å². The van der Waals surface area contributed by atoms with Crippen molar-refractivity contribution in [1.29, 1.82) is 0 Å². The van der Waals surface area contributed by atoms with Crippen LogP contribution in [0, 0.1) is 0 Å². The summed E-state index contributed by atoms with van der Waals surface area (Å²) in [6.07, 6.45) is 19.5. The quantitative estimate of drug-likeness (QED) is 0.551. The Kier molecular flexibility index (Phi) is 3.66. The molecule has 0 aromatic carbocycles. The number of hydrogen-bond donors (Lipinski definition) is 1. The molecular formula is C10H11N. The Hall–Kier alpha value is -1.50. The lowest BCUT2D eigenvalue weighted by Crippen LogP contribution is -1.89. The van der Waals surface area contributed by atoms with Crippen LogP contribution in [0.3, 0.4) is 0 Å². The van der Waals surface area contributed by atoms with Gasteiger partial charge in [0.05, 0.1) is 0 Å². The van der Waals surface area contributed by atoms with E-state index in [9.17, 15) is 0 Å². The van der Waals surface area contributed by atoms with Gasteiger partial charge in [0.1, 0.15) is 0 Å². The first-order valence-corrected chi connectivity index (χ1v) is 3.58. The lowest BCUT2D eigenvalue weighted by molar-refractivity contribution is 1.20. The summed E-state index contributed by atoms with van der Waals surface area (Å²) < 4.78 is 0. The number of rotatable bonds is 0. The molecule has 56 valence electrons. The molecule has 1 heterocycles. The van der Waals surface area contributed by atoms with E-state index in [1.165, 1.54) is 0 Å². The normalized spacial score (nSPS) is 24.7. The number of hydrogen-bond acceptors (Lipinski definition) is 1. The molecule has 1 aliphatic heterocycles. The molecule has 1 heteroatoms. The van der Waals surface area contributed by atoms with Crippen LogP contribution in [-0.4, -0.2) is 0 Å². The average Bonchev–Trinajstić information content (AvgIpc) is 2.08. The molecule has 0 aromatic rings. The summed E-state index contributed by atoms with van der Waals surface area (Å²) in [5, 5.41) is 2.99. The minimum atomic E-state index is 1.88. The Morgan fingerprint density at radius 3 is 1.27 bits per heavy atom. The van der Waals surface area contributed by atoms with Crippen LogP contribution in [0.5, 0.6) is 0 Å². The van der Waals surface area contributed by atoms with Crippen LogP contribution in [0.2, 0.25) is 0 Å². The molecule has 0 spiro atoms. The van der Waals surface area contributed by atoms with Crippen molar-refractivity contribution in [3.05, 3.63) is 61.0 Å². The Bertz CT molecular complexity index is 205. The fourth-order valence-corrected chi connectivity index (χ4v) is 0.663. The maximum absolute atomic E-state index is 2.99. The molecule has 1 nitrogen and oxygen atoms in total. The molecule has 0 bridgehead atoms. The van der Waals surface area contributed by atoms with Crippen LogP contribution in [0.15, 0.2) is 61.0 Å². The largest absolute Gasteiger partial charge is 0.368 e. The molecule has 0 atom stereocenters. The van der Waals surface area contributed by atoms with E-state index in [-0.39, 0.29) is 0 Å². The predicted octanol–water partition coefficient (Wildman–Crippen LogP) is 2.29. The van der Waals surface area contributed by atoms with Crippen molar-refractivity contribution in [2.75, 3.05) is 0 Å². The smallest absolute Gasteiger partial charge is 0.000442 e. The van der Waals surface area contributed by atoms with Gasteiger partial charge in [-0.15, -0.1) is 0 Å². The predicted molar refractivity (Wildman–Crippen MR) is 48.8 cm³/mol. The van der Waals surface area contributed by atoms with Gasteiger partial charge >= 0.3 is 0 Å². The third-order valence-corrected chi connectivity index (χ3v) is 1.16. The molecule has 0 unspecified atom stereocenters. The fourth-order valence-electron chi connectivity index (χ4n) is 0.663. The lowest BCUT2D eigenvalue weighted by atomic mass is 10.4. The van der Waals surface area contributed by atoms with E-state index in [0.717, 1.165) is 0 Å². The maximum Gasteiger partial charge on any atom is 0.000442 e. The van der Waals surface area contributed by atoms with Crippen molar-refractivity contribution >= 4 is 0 Å². The van der Waals surface area contributed by atoms with E-state index in [1.54, 1.807) is 0 Å². The summed E-state index contributed by atoms with van der Waals surface area (Å²) in [7, 11) is 0. The molecule has 11 heavy (non-hydrogen) atoms. The highest BCUT2D eigenvalue weighted by Gasteiger charge is 1.67. The molecule has 1 N–H and O–H groups in total. The molecule has 0 aromatic heterocycles. The van der Waals surface area contributed by atoms with Gasteiger partial charge in [0, 0.05) is 12.4 Å². The van der Waals surface area contributed by atoms with Gasteiger partial charge in [-0.25, -0.2) is 0 Å². The van der Waals surface area contributed by atoms with Gasteiger partial charge < -0.3 is 5.32 Å². The zero-order chi connectivity index (χ0) is 7.78. The van der Waals surface area contributed by atoms with Gasteiger partial charge in [0.15, 0.2) is 0 Å². The highest BCUT2D eigenvalue weighted by molar-refractivity contribution is 5.18. The highest BCUT2D eigenvalue weighted by Crippen LogP contribution is 1.84. The summed E-state index contributed by atoms with van der Waals surface area (Å²) >= 11 is 0. The number of allylic oxidation sites excluding steroid dienone is 8. The van der Waals surface area contributed by atoms with Crippen molar-refractivity contribution in [2.45, 2.75) is 0 Å². The third kappa shape index (κ3) is 3.98. The van der Waals surface area contributed by atoms with Crippen LogP contribution < -0.4 is 5.32 Å². The molecular weight excluding hydrogens is 134 g/mol. The van der Waals surface area contributed by atoms with Crippen molar-refractivity contribution in [3.8, 4) is 0 Å². The first-order valence-electron chi connectivity index (χ1n) is 3.58. The summed E-state index contributed by atoms with van der Waals surface area (Å²) in [5.41, 5.74) is 0. The Morgan fingerprint density at radius 2 is 0.818 bits per heavy atom. The second-order valence-electron chi connectivity index (χ2n) is 2.04. The van der Waals surface area contributed by atoms with E-state index >= 15 is 0 Å². The maximum atomic E-state index is 2.99. The topological polar surface area (TPSA) is 12.0 Å². The van der Waals surface area contributed by atoms with Gasteiger partial charge in [-0.2, -0.15) is 0 Å². The monoisotopic (exact) mass is 145 g/mol. The van der Waals surface area contributed by atoms with E-state index in [1.807, 2.05) is 61.0 Å². The second kappa shape index (κ2) is 5.30. The zero-order valence-corrected chi connectivity index (χ0v) is 6.27. The van der Waals surface area contributed by atoms with E-state index in [4.69, 9.17) is 0 Å². The molecule has 0 aliphatic carbocycles. The van der Waals surface area contributed by atoms with E-state index in [0.29, 0.717) is 0 Å². The minimum Gasteiger partial charge on any atom is -0.368 e. The Morgan fingerprint density at radius 1 is 0.455 bits per heavy atom. The van der Waals surface area contributed by atoms with Gasteiger partial charge in [-0.3, -0.25) is 0 Å². The SMILES string of the molecule is C1=C/C=C\C=C/N/C=C\C=C1. The van der Waals surface area contributed by atoms with Crippen molar-refractivity contribution in [1.82, 2.24) is 5.32 Å². The molecule has 0 fully saturated rings. The lowest BCUT2D eigenvalue weighted by Gasteiger charge is -1.83. The summed E-state index contributed by atoms with van der Waals surface area (Å²) in [4.78, 5) is 0. The van der Waals surface area contributed by atoms with Gasteiger partial charge in [0.2, 0.25) is 0 Å². The summed E-state index contributed by atoms with van der Waals surface area (Å²) in [6, 6.07) is 0. The fraction of sp³-hybridized carbons (Fsp3) is 0. The minimum absolute atomic E-state index is 1.88. The van der Waals surface area contributed by atoms with Gasteiger partial charge in [-0.1, -0.05) is 36.5 Å². The molecule has 0 saturated heterocycles. The molecule has 1 aliphatic rings. The Balaban J connectivity index is 2.61. The highest BCUT2D eigenvalue weighted by atomic mass is 14.8. The van der Waals surface area contributed by atoms with Crippen LogP contribution in [0.4, 0.5) is 0 Å². The molecule has 0 saturated carbocycles. The zero-order valence-electron chi connectivity index (χ0n) is 6.27. The molecule has 1 rings (SSSR count). The average molecular weight is 145 g/mol. The van der Waals surface area contributed by atoms with Crippen molar-refractivity contribution in [2.24, 2.45) is 0 Å². The standard InChI is InChI=1S/C10H11N/c1-2-4-6-8-10-11-9-7-5-3-1/h1-11H/b2-1?,5-3-,6-4?,9-7-,10-8-. The third-order valence-electron chi connectivity index (χ3n) is 1.16. The molecule has 0 amide bonds. The van der Waals surface area contributed by atoms with Gasteiger partial charge in [-0.05, 0) is 12.2 Å². The second-order valence-corrected chi connectivity index (χ2v) is 2.04. The van der Waals surface area contributed by atoms with E-state index in [2.05, 4.69) is 5.32 Å². The van der Waals surface area contributed by atoms with Crippen molar-refractivity contribution in [3.63, 3.8) is 0 Å². The summed E-state index contributed by atoms with van der Waals surface area (Å²) in [6.45, 7) is 0. The van der Waals surface area contributed by atoms with Crippen LogP contribution in [0.1, 0.15) is 0 Å². The first kappa shape index (κ1) is 7.61. The van der Waals surface area contributed by atoms with Gasteiger partial charge in [0.25, 0.3) is 0 Å². The summed E-state index contributed by atoms with van der Waals surface area (Å²) in [5.74, 6) is 0. The van der Waals surface area contributed by atoms with Crippen LogP contribution in [0.25, 0.3) is 0 Å². The first-order chi connectivity index (χ1) is 5.50. The van der Waals surface area contributed by atoms with Crippen LogP contribution in [-0.2, 0) is 0 Å².